The van der Waals surface area contributed by atoms with Gasteiger partial charge in [-0.05, 0) is 49.8 Å². The molecule has 0 saturated carbocycles. The van der Waals surface area contributed by atoms with E-state index in [1.807, 2.05) is 31.1 Å². The van der Waals surface area contributed by atoms with Gasteiger partial charge in [0.2, 0.25) is 0 Å². The molecule has 0 spiro atoms. The van der Waals surface area contributed by atoms with Gasteiger partial charge in [-0.1, -0.05) is 24.3 Å². The molecule has 27 heavy (non-hydrogen) atoms. The lowest BCUT2D eigenvalue weighted by molar-refractivity contribution is 0.392. The molecule has 0 aliphatic carbocycles. The highest BCUT2D eigenvalue weighted by Crippen LogP contribution is 2.12. The van der Waals surface area contributed by atoms with Gasteiger partial charge in [0.25, 0.3) is 0 Å². The van der Waals surface area contributed by atoms with Gasteiger partial charge in [-0.2, -0.15) is 0 Å². The minimum atomic E-state index is -0.199. The molecule has 0 amide bonds. The van der Waals surface area contributed by atoms with E-state index in [1.54, 1.807) is 25.2 Å². The zero-order chi connectivity index (χ0) is 18.9. The van der Waals surface area contributed by atoms with Gasteiger partial charge >= 0.3 is 0 Å². The van der Waals surface area contributed by atoms with Crippen LogP contribution in [0, 0.1) is 11.6 Å². The van der Waals surface area contributed by atoms with Crippen molar-refractivity contribution in [3.63, 3.8) is 0 Å². The van der Waals surface area contributed by atoms with Crippen LogP contribution in [0.5, 0.6) is 0 Å². The van der Waals surface area contributed by atoms with Crippen LogP contribution < -0.4 is 10.6 Å². The molecule has 0 bridgehead atoms. The molecule has 0 atom stereocenters. The van der Waals surface area contributed by atoms with Crippen molar-refractivity contribution in [1.82, 2.24) is 15.5 Å². The molecule has 0 aliphatic rings. The maximum absolute atomic E-state index is 13.8. The van der Waals surface area contributed by atoms with E-state index in [-0.39, 0.29) is 35.6 Å². The number of aliphatic imine (C=N–C) groups is 1. The quantitative estimate of drug-likeness (QED) is 0.356. The second-order valence-corrected chi connectivity index (χ2v) is 6.36. The summed E-state index contributed by atoms with van der Waals surface area (Å²) >= 11 is 0. The molecule has 0 radical (unpaired) electrons. The Balaban J connectivity index is 0.00000364. The second kappa shape index (κ2) is 11.9. The summed E-state index contributed by atoms with van der Waals surface area (Å²) in [6, 6.07) is 11.8. The number of benzene rings is 2. The van der Waals surface area contributed by atoms with Crippen LogP contribution in [-0.4, -0.2) is 38.5 Å². The van der Waals surface area contributed by atoms with Gasteiger partial charge in [-0.3, -0.25) is 4.99 Å². The number of rotatable bonds is 7. The van der Waals surface area contributed by atoms with Crippen molar-refractivity contribution in [2.24, 2.45) is 4.99 Å². The first kappa shape index (κ1) is 23.3. The Kier molecular flexibility index (Phi) is 10.2. The Labute approximate surface area is 177 Å². The van der Waals surface area contributed by atoms with E-state index in [0.717, 1.165) is 5.56 Å². The fraction of sp³-hybridized carbons (Fsp3) is 0.350. The number of nitrogens with zero attached hydrogens (tertiary/aromatic N) is 2. The normalized spacial score (nSPS) is 11.3. The van der Waals surface area contributed by atoms with E-state index in [4.69, 9.17) is 0 Å². The van der Waals surface area contributed by atoms with Gasteiger partial charge in [-0.25, -0.2) is 8.78 Å². The van der Waals surface area contributed by atoms with E-state index in [0.29, 0.717) is 43.1 Å². The summed E-state index contributed by atoms with van der Waals surface area (Å²) in [7, 11) is 5.50. The number of nitrogens with one attached hydrogen (secondary N) is 2. The minimum Gasteiger partial charge on any atom is -0.356 e. The Bertz CT molecular complexity index is 751. The van der Waals surface area contributed by atoms with Crippen LogP contribution in [0.15, 0.2) is 47.5 Å². The smallest absolute Gasteiger partial charge is 0.191 e. The third-order valence-corrected chi connectivity index (χ3v) is 3.92. The highest BCUT2D eigenvalue weighted by molar-refractivity contribution is 14.0. The molecule has 4 nitrogen and oxygen atoms in total. The third-order valence-electron chi connectivity index (χ3n) is 3.92. The third kappa shape index (κ3) is 7.80. The first-order valence-corrected chi connectivity index (χ1v) is 8.59. The van der Waals surface area contributed by atoms with Crippen molar-refractivity contribution in [2.45, 2.75) is 19.5 Å². The average Bonchev–Trinajstić information content (AvgIpc) is 2.61. The highest BCUT2D eigenvalue weighted by atomic mass is 127. The Morgan fingerprint density at radius 1 is 1.00 bits per heavy atom. The topological polar surface area (TPSA) is 39.7 Å². The van der Waals surface area contributed by atoms with E-state index in [2.05, 4.69) is 15.6 Å². The van der Waals surface area contributed by atoms with Gasteiger partial charge in [0, 0.05) is 32.2 Å². The molecule has 2 rings (SSSR count). The molecular formula is C20H27F2IN4. The summed E-state index contributed by atoms with van der Waals surface area (Å²) in [4.78, 5) is 6.09. The van der Waals surface area contributed by atoms with Gasteiger partial charge in [0.15, 0.2) is 5.96 Å². The summed E-state index contributed by atoms with van der Waals surface area (Å²) < 4.78 is 27.5. The second-order valence-electron chi connectivity index (χ2n) is 6.36. The number of hydrogen-bond donors (Lipinski definition) is 2. The summed E-state index contributed by atoms with van der Waals surface area (Å²) in [6.45, 7) is 1.64. The van der Waals surface area contributed by atoms with Crippen LogP contribution in [0.4, 0.5) is 8.78 Å². The standard InChI is InChI=1S/C20H26F2N4.HI/c1-23-20(24-11-10-16-6-4-5-7-18(16)21)25-13-15-8-9-19(22)17(12-15)14-26(2)3;/h4-9,12H,10-11,13-14H2,1-3H3,(H2,23,24,25);1H. The summed E-state index contributed by atoms with van der Waals surface area (Å²) in [5.41, 5.74) is 2.31. The number of hydrogen-bond acceptors (Lipinski definition) is 2. The molecule has 0 unspecified atom stereocenters. The average molecular weight is 488 g/mol. The SMILES string of the molecule is CN=C(NCCc1ccccc1F)NCc1ccc(F)c(CN(C)C)c1.I. The molecule has 0 saturated heterocycles. The van der Waals surface area contributed by atoms with Crippen molar-refractivity contribution in [3.05, 3.63) is 70.8 Å². The summed E-state index contributed by atoms with van der Waals surface area (Å²) in [5, 5.41) is 6.36. The van der Waals surface area contributed by atoms with Crippen molar-refractivity contribution < 1.29 is 8.78 Å². The first-order valence-electron chi connectivity index (χ1n) is 8.59. The van der Waals surface area contributed by atoms with E-state index in [1.165, 1.54) is 12.1 Å². The molecule has 2 aromatic rings. The van der Waals surface area contributed by atoms with Crippen molar-refractivity contribution in [2.75, 3.05) is 27.7 Å². The molecule has 148 valence electrons. The van der Waals surface area contributed by atoms with Crippen molar-refractivity contribution in [1.29, 1.82) is 0 Å². The molecule has 0 aliphatic heterocycles. The van der Waals surface area contributed by atoms with E-state index < -0.39 is 0 Å². The predicted molar refractivity (Wildman–Crippen MR) is 118 cm³/mol. The van der Waals surface area contributed by atoms with Crippen LogP contribution in [0.1, 0.15) is 16.7 Å². The summed E-state index contributed by atoms with van der Waals surface area (Å²) in [5.74, 6) is 0.228. The summed E-state index contributed by atoms with van der Waals surface area (Å²) in [6.07, 6.45) is 0.566. The van der Waals surface area contributed by atoms with Crippen LogP contribution >= 0.6 is 24.0 Å². The van der Waals surface area contributed by atoms with Crippen LogP contribution in [0.3, 0.4) is 0 Å². The van der Waals surface area contributed by atoms with Gasteiger partial charge in [-0.15, -0.1) is 24.0 Å². The maximum atomic E-state index is 13.8. The van der Waals surface area contributed by atoms with Gasteiger partial charge < -0.3 is 15.5 Å². The van der Waals surface area contributed by atoms with E-state index in [9.17, 15) is 8.78 Å². The Hall–Kier alpha value is -1.74. The first-order chi connectivity index (χ1) is 12.5. The monoisotopic (exact) mass is 488 g/mol. The zero-order valence-electron chi connectivity index (χ0n) is 15.9. The lowest BCUT2D eigenvalue weighted by Crippen LogP contribution is -2.38. The fourth-order valence-corrected chi connectivity index (χ4v) is 2.62. The molecule has 0 fully saturated rings. The van der Waals surface area contributed by atoms with Gasteiger partial charge in [0.05, 0.1) is 0 Å². The molecule has 2 N–H and O–H groups in total. The zero-order valence-corrected chi connectivity index (χ0v) is 18.3. The Morgan fingerprint density at radius 3 is 2.37 bits per heavy atom. The lowest BCUT2D eigenvalue weighted by atomic mass is 10.1. The number of guanidine groups is 1. The maximum Gasteiger partial charge on any atom is 0.191 e. The van der Waals surface area contributed by atoms with Crippen LogP contribution in [-0.2, 0) is 19.5 Å². The largest absolute Gasteiger partial charge is 0.356 e. The fourth-order valence-electron chi connectivity index (χ4n) is 2.62. The van der Waals surface area contributed by atoms with Crippen LogP contribution in [0.2, 0.25) is 0 Å². The lowest BCUT2D eigenvalue weighted by Gasteiger charge is -2.14. The molecule has 0 aromatic heterocycles. The van der Waals surface area contributed by atoms with Crippen molar-refractivity contribution >= 4 is 29.9 Å². The highest BCUT2D eigenvalue weighted by Gasteiger charge is 2.06. The van der Waals surface area contributed by atoms with Gasteiger partial charge in [0.1, 0.15) is 11.6 Å². The number of halogens is 3. The van der Waals surface area contributed by atoms with E-state index >= 15 is 0 Å². The molecule has 0 heterocycles. The Morgan fingerprint density at radius 2 is 1.70 bits per heavy atom. The molecular weight excluding hydrogens is 461 g/mol. The van der Waals surface area contributed by atoms with Crippen LogP contribution in [0.25, 0.3) is 0 Å². The van der Waals surface area contributed by atoms with Crippen molar-refractivity contribution in [3.8, 4) is 0 Å². The predicted octanol–water partition coefficient (Wildman–Crippen LogP) is 3.55. The molecule has 2 aromatic carbocycles. The molecule has 7 heteroatoms. The minimum absolute atomic E-state index is 0.